The number of anilines is 2. The van der Waals surface area contributed by atoms with Crippen LogP contribution in [0.3, 0.4) is 0 Å². The molecular weight excluding hydrogens is 318 g/mol. The Kier molecular flexibility index (Phi) is 9.16. The average Bonchev–Trinajstić information content (AvgIpc) is 2.53. The van der Waals surface area contributed by atoms with Gasteiger partial charge in [0.1, 0.15) is 11.6 Å². The third-order valence-electron chi connectivity index (χ3n) is 3.01. The zero-order valence-corrected chi connectivity index (χ0v) is 14.8. The molecule has 2 heterocycles. The topological polar surface area (TPSA) is 133 Å². The van der Waals surface area contributed by atoms with Crippen LogP contribution in [0.1, 0.15) is 22.5 Å². The van der Waals surface area contributed by atoms with Crippen molar-refractivity contribution in [3.8, 4) is 0 Å². The Morgan fingerprint density at radius 1 is 0.960 bits per heavy atom. The largest absolute Gasteiger partial charge is 0.390 e. The summed E-state index contributed by atoms with van der Waals surface area (Å²) in [5.41, 5.74) is 19.9. The lowest BCUT2D eigenvalue weighted by atomic mass is 10.2. The number of pyridine rings is 2. The summed E-state index contributed by atoms with van der Waals surface area (Å²) in [6.45, 7) is 5.41. The number of ether oxygens (including phenoxy) is 1. The van der Waals surface area contributed by atoms with Gasteiger partial charge in [0.15, 0.2) is 0 Å². The maximum Gasteiger partial charge on any atom is 0.123 e. The number of aliphatic hydroxyl groups is 1. The fourth-order valence-corrected chi connectivity index (χ4v) is 2.09. The number of rotatable bonds is 6. The minimum Gasteiger partial charge on any atom is -0.390 e. The zero-order valence-electron chi connectivity index (χ0n) is 14.8. The molecule has 7 nitrogen and oxygen atoms in total. The highest BCUT2D eigenvalue weighted by atomic mass is 16.5. The van der Waals surface area contributed by atoms with Crippen LogP contribution in [0.2, 0.25) is 0 Å². The van der Waals surface area contributed by atoms with E-state index in [4.69, 9.17) is 27.0 Å². The average molecular weight is 345 g/mol. The first kappa shape index (κ1) is 20.6. The number of aryl methyl sites for hydroxylation is 2. The Balaban J connectivity index is 0.000000271. The second kappa shape index (κ2) is 11.1. The molecule has 7 heteroatoms. The van der Waals surface area contributed by atoms with Crippen LogP contribution in [0.4, 0.5) is 11.6 Å². The van der Waals surface area contributed by atoms with E-state index in [1.807, 2.05) is 38.1 Å². The van der Waals surface area contributed by atoms with Gasteiger partial charge < -0.3 is 27.0 Å². The monoisotopic (exact) mass is 345 g/mol. The number of aromatic nitrogens is 2. The molecule has 7 N–H and O–H groups in total. The first-order chi connectivity index (χ1) is 11.9. The summed E-state index contributed by atoms with van der Waals surface area (Å²) in [5.74, 6) is 0.996. The third kappa shape index (κ3) is 8.80. The number of nitrogens with two attached hydrogens (primary N) is 3. The molecule has 25 heavy (non-hydrogen) atoms. The van der Waals surface area contributed by atoms with Crippen LogP contribution in [-0.4, -0.2) is 28.2 Å². The predicted molar refractivity (Wildman–Crippen MR) is 101 cm³/mol. The molecular formula is C18H27N5O2. The molecule has 2 aromatic rings. The Bertz CT molecular complexity index is 649. The molecule has 0 fully saturated rings. The van der Waals surface area contributed by atoms with E-state index in [1.165, 1.54) is 0 Å². The van der Waals surface area contributed by atoms with Crippen LogP contribution < -0.4 is 17.2 Å². The minimum absolute atomic E-state index is 0.0497. The van der Waals surface area contributed by atoms with Gasteiger partial charge in [0.2, 0.25) is 0 Å². The molecule has 136 valence electrons. The third-order valence-corrected chi connectivity index (χ3v) is 3.01. The van der Waals surface area contributed by atoms with Crippen LogP contribution >= 0.6 is 0 Å². The molecule has 0 unspecified atom stereocenters. The standard InChI is InChI=1S/C11H17N3O.C7H10N2O/c1-9-6-10(14-11(13)7-9)8-15-5-3-2-4-12;1-5-2-6(4-10)9-7(8)3-5/h2-3,6-7H,4-5,8,12H2,1H3,(H2,13,14);2-3,10H,4H2,1H3,(H2,8,9)/b3-2+;. The lowest BCUT2D eigenvalue weighted by molar-refractivity contribution is 0.145. The maximum atomic E-state index is 8.67. The number of nitrogen functional groups attached to an aromatic ring is 2. The summed E-state index contributed by atoms with van der Waals surface area (Å²) < 4.78 is 5.37. The first-order valence-electron chi connectivity index (χ1n) is 7.94. The summed E-state index contributed by atoms with van der Waals surface area (Å²) in [7, 11) is 0. The van der Waals surface area contributed by atoms with Crippen molar-refractivity contribution in [1.82, 2.24) is 9.97 Å². The molecule has 0 spiro atoms. The van der Waals surface area contributed by atoms with Crippen LogP contribution in [0.5, 0.6) is 0 Å². The smallest absolute Gasteiger partial charge is 0.123 e. The highest BCUT2D eigenvalue weighted by Crippen LogP contribution is 2.07. The van der Waals surface area contributed by atoms with E-state index in [0.29, 0.717) is 37.1 Å². The normalized spacial score (nSPS) is 10.6. The molecule has 0 aromatic carbocycles. The van der Waals surface area contributed by atoms with E-state index in [2.05, 4.69) is 9.97 Å². The van der Waals surface area contributed by atoms with Crippen molar-refractivity contribution in [2.24, 2.45) is 5.73 Å². The van der Waals surface area contributed by atoms with E-state index in [-0.39, 0.29) is 6.61 Å². The molecule has 0 aliphatic heterocycles. The van der Waals surface area contributed by atoms with Gasteiger partial charge in [0.25, 0.3) is 0 Å². The molecule has 0 atom stereocenters. The fourth-order valence-electron chi connectivity index (χ4n) is 2.09. The molecule has 2 rings (SSSR count). The fraction of sp³-hybridized carbons (Fsp3) is 0.333. The van der Waals surface area contributed by atoms with Gasteiger partial charge in [-0.05, 0) is 49.2 Å². The van der Waals surface area contributed by atoms with Gasteiger partial charge in [-0.15, -0.1) is 0 Å². The van der Waals surface area contributed by atoms with E-state index in [1.54, 1.807) is 12.1 Å². The van der Waals surface area contributed by atoms with Gasteiger partial charge in [-0.25, -0.2) is 9.97 Å². The van der Waals surface area contributed by atoms with Crippen molar-refractivity contribution in [1.29, 1.82) is 0 Å². The van der Waals surface area contributed by atoms with E-state index in [9.17, 15) is 0 Å². The number of aliphatic hydroxyl groups excluding tert-OH is 1. The van der Waals surface area contributed by atoms with Gasteiger partial charge in [0.05, 0.1) is 31.2 Å². The van der Waals surface area contributed by atoms with Crippen LogP contribution in [0, 0.1) is 13.8 Å². The molecule has 2 aromatic heterocycles. The Labute approximate surface area is 148 Å². The van der Waals surface area contributed by atoms with Crippen molar-refractivity contribution in [2.45, 2.75) is 27.1 Å². The van der Waals surface area contributed by atoms with E-state index < -0.39 is 0 Å². The van der Waals surface area contributed by atoms with Crippen molar-refractivity contribution < 1.29 is 9.84 Å². The predicted octanol–water partition coefficient (Wildman–Crippen LogP) is 1.47. The van der Waals surface area contributed by atoms with Crippen LogP contribution in [0.15, 0.2) is 36.4 Å². The maximum absolute atomic E-state index is 8.67. The number of hydrogen-bond acceptors (Lipinski definition) is 7. The molecule has 0 aliphatic rings. The summed E-state index contributed by atoms with van der Waals surface area (Å²) in [6.07, 6.45) is 3.75. The van der Waals surface area contributed by atoms with Crippen molar-refractivity contribution in [3.05, 3.63) is 58.9 Å². The second-order valence-corrected chi connectivity index (χ2v) is 5.50. The molecule has 0 bridgehead atoms. The van der Waals surface area contributed by atoms with Gasteiger partial charge in [-0.1, -0.05) is 12.2 Å². The minimum atomic E-state index is -0.0497. The van der Waals surface area contributed by atoms with E-state index in [0.717, 1.165) is 16.8 Å². The van der Waals surface area contributed by atoms with E-state index >= 15 is 0 Å². The summed E-state index contributed by atoms with van der Waals surface area (Å²) in [6, 6.07) is 7.36. The van der Waals surface area contributed by atoms with Gasteiger partial charge in [-0.3, -0.25) is 0 Å². The Morgan fingerprint density at radius 2 is 1.52 bits per heavy atom. The SMILES string of the molecule is Cc1cc(N)nc(CO)c1.Cc1cc(N)nc(COC/C=C/CN)c1. The summed E-state index contributed by atoms with van der Waals surface area (Å²) in [4.78, 5) is 8.04. The highest BCUT2D eigenvalue weighted by molar-refractivity contribution is 5.34. The van der Waals surface area contributed by atoms with Gasteiger partial charge >= 0.3 is 0 Å². The molecule has 0 amide bonds. The zero-order chi connectivity index (χ0) is 18.7. The quantitative estimate of drug-likeness (QED) is 0.460. The molecule has 0 saturated carbocycles. The van der Waals surface area contributed by atoms with Crippen molar-refractivity contribution >= 4 is 11.6 Å². The summed E-state index contributed by atoms with van der Waals surface area (Å²) >= 11 is 0. The molecule has 0 aliphatic carbocycles. The Hall–Kier alpha value is -2.48. The van der Waals surface area contributed by atoms with Crippen LogP contribution in [-0.2, 0) is 18.0 Å². The Morgan fingerprint density at radius 3 is 2.04 bits per heavy atom. The van der Waals surface area contributed by atoms with Crippen molar-refractivity contribution in [2.75, 3.05) is 24.6 Å². The van der Waals surface area contributed by atoms with Gasteiger partial charge in [-0.2, -0.15) is 0 Å². The second-order valence-electron chi connectivity index (χ2n) is 5.50. The molecule has 0 saturated heterocycles. The lowest BCUT2D eigenvalue weighted by Gasteiger charge is -2.03. The summed E-state index contributed by atoms with van der Waals surface area (Å²) in [5, 5.41) is 8.67. The number of nitrogens with zero attached hydrogens (tertiary/aromatic N) is 2. The van der Waals surface area contributed by atoms with Crippen LogP contribution in [0.25, 0.3) is 0 Å². The van der Waals surface area contributed by atoms with Gasteiger partial charge in [0, 0.05) is 6.54 Å². The highest BCUT2D eigenvalue weighted by Gasteiger charge is 1.97. The lowest BCUT2D eigenvalue weighted by Crippen LogP contribution is -2.00. The molecule has 0 radical (unpaired) electrons. The van der Waals surface area contributed by atoms with Crippen molar-refractivity contribution in [3.63, 3.8) is 0 Å². The first-order valence-corrected chi connectivity index (χ1v) is 7.94. The number of hydrogen-bond donors (Lipinski definition) is 4.